The fraction of sp³-hybridized carbons (Fsp3) is 0.846. The summed E-state index contributed by atoms with van der Waals surface area (Å²) < 4.78 is 127. The molecule has 0 spiro atoms. The maximum atomic E-state index is 13.4. The summed E-state index contributed by atoms with van der Waals surface area (Å²) >= 11 is 0. The Kier molecular flexibility index (Phi) is 20.0. The summed E-state index contributed by atoms with van der Waals surface area (Å²) in [5, 5.41) is 7.40. The number of alkyl halides is 6. The molecule has 0 radical (unpaired) electrons. The molecule has 0 bridgehead atoms. The van der Waals surface area contributed by atoms with Gasteiger partial charge in [-0.2, -0.15) is 26.3 Å². The van der Waals surface area contributed by atoms with Gasteiger partial charge in [0.1, 0.15) is 23.6 Å². The van der Waals surface area contributed by atoms with Gasteiger partial charge >= 0.3 is 39.4 Å². The second-order valence-corrected chi connectivity index (χ2v) is 18.8. The van der Waals surface area contributed by atoms with Crippen LogP contribution in [0, 0.1) is 0 Å². The lowest BCUT2D eigenvalue weighted by atomic mass is 10.3. The van der Waals surface area contributed by atoms with Crippen molar-refractivity contribution in [1.82, 2.24) is 21.3 Å². The summed E-state index contributed by atoms with van der Waals surface area (Å²) in [5.74, 6) is -11.7. The van der Waals surface area contributed by atoms with Gasteiger partial charge in [-0.25, -0.2) is 0 Å². The molecule has 50 heavy (non-hydrogen) atoms. The number of rotatable bonds is 21. The van der Waals surface area contributed by atoms with Gasteiger partial charge in [-0.1, -0.05) is 21.6 Å². The number of carbonyl (C=O) groups excluding carboxylic acids is 4. The highest BCUT2D eigenvalue weighted by Gasteiger charge is 2.44. The van der Waals surface area contributed by atoms with E-state index in [0.29, 0.717) is 21.6 Å². The minimum Gasteiger partial charge on any atom is -0.340 e. The molecule has 0 fully saturated rings. The Bertz CT molecular complexity index is 1120. The summed E-state index contributed by atoms with van der Waals surface area (Å²) in [6, 6.07) is -3.92. The minimum atomic E-state index is -5.42. The van der Waals surface area contributed by atoms with Crippen LogP contribution in [0.3, 0.4) is 0 Å². The summed E-state index contributed by atoms with van der Waals surface area (Å²) in [4.78, 5) is 49.6. The highest BCUT2D eigenvalue weighted by atomic mass is 33.1. The molecule has 0 aromatic heterocycles. The van der Waals surface area contributed by atoms with Crippen LogP contribution in [0.15, 0.2) is 0 Å². The molecule has 0 aliphatic carbocycles. The lowest BCUT2D eigenvalue weighted by Gasteiger charge is -2.29. The third kappa shape index (κ3) is 17.8. The Labute approximate surface area is 295 Å². The van der Waals surface area contributed by atoms with E-state index in [9.17, 15) is 54.7 Å². The number of hydrogen-bond donors (Lipinski definition) is 4. The maximum absolute atomic E-state index is 13.4. The molecule has 0 heterocycles. The smallest absolute Gasteiger partial charge is 0.340 e. The first kappa shape index (κ1) is 48.5. The molecular formula is C26H46F6N4O10P2S2. The molecule has 0 saturated carbocycles. The molecule has 0 rings (SSSR count). The molecule has 294 valence electrons. The first-order valence-electron chi connectivity index (χ1n) is 15.1. The minimum absolute atomic E-state index is 0.545. The predicted octanol–water partition coefficient (Wildman–Crippen LogP) is 5.47. The second-order valence-electron chi connectivity index (χ2n) is 11.7. The van der Waals surface area contributed by atoms with E-state index in [0.717, 1.165) is 0 Å². The van der Waals surface area contributed by atoms with E-state index < -0.39 is 111 Å². The quantitative estimate of drug-likeness (QED) is 0.0496. The van der Waals surface area contributed by atoms with Crippen LogP contribution >= 0.6 is 36.8 Å². The van der Waals surface area contributed by atoms with Gasteiger partial charge in [0.05, 0.1) is 24.4 Å². The highest BCUT2D eigenvalue weighted by molar-refractivity contribution is 8.76. The molecule has 24 heteroatoms. The molecule has 4 N–H and O–H groups in total. The Hall–Kier alpha value is -1.54. The Morgan fingerprint density at radius 2 is 0.760 bits per heavy atom. The lowest BCUT2D eigenvalue weighted by Crippen LogP contribution is -2.54. The van der Waals surface area contributed by atoms with Crippen molar-refractivity contribution in [2.45, 2.75) is 130 Å². The monoisotopic (exact) mass is 814 g/mol. The van der Waals surface area contributed by atoms with Crippen molar-refractivity contribution in [1.29, 1.82) is 0 Å². The molecule has 0 unspecified atom stereocenters. The number of nitrogens with one attached hydrogen (secondary N) is 4. The van der Waals surface area contributed by atoms with Gasteiger partial charge in [-0.15, -0.1) is 0 Å². The van der Waals surface area contributed by atoms with Crippen molar-refractivity contribution >= 4 is 60.4 Å². The van der Waals surface area contributed by atoms with E-state index in [1.54, 1.807) is 0 Å². The number of hydrogen-bond acceptors (Lipinski definition) is 12. The van der Waals surface area contributed by atoms with E-state index in [2.05, 4.69) is 10.6 Å². The van der Waals surface area contributed by atoms with E-state index in [-0.39, 0.29) is 0 Å². The molecule has 4 atom stereocenters. The van der Waals surface area contributed by atoms with Crippen molar-refractivity contribution in [3.05, 3.63) is 0 Å². The van der Waals surface area contributed by atoms with Crippen LogP contribution in [-0.4, -0.2) is 95.6 Å². The van der Waals surface area contributed by atoms with E-state index in [4.69, 9.17) is 18.1 Å². The summed E-state index contributed by atoms with van der Waals surface area (Å²) in [7, 11) is -7.11. The third-order valence-electron chi connectivity index (χ3n) is 5.39. The Morgan fingerprint density at radius 1 is 0.520 bits per heavy atom. The van der Waals surface area contributed by atoms with Crippen LogP contribution in [0.25, 0.3) is 0 Å². The normalized spacial score (nSPS) is 15.5. The van der Waals surface area contributed by atoms with Gasteiger partial charge in [-0.05, 0) is 69.2 Å². The first-order chi connectivity index (χ1) is 22.5. The van der Waals surface area contributed by atoms with Crippen molar-refractivity contribution in [2.24, 2.45) is 0 Å². The predicted molar refractivity (Wildman–Crippen MR) is 176 cm³/mol. The van der Waals surface area contributed by atoms with Crippen molar-refractivity contribution < 1.29 is 72.7 Å². The molecule has 0 aliphatic heterocycles. The molecule has 14 nitrogen and oxygen atoms in total. The van der Waals surface area contributed by atoms with Gasteiger partial charge in [-0.3, -0.25) is 28.3 Å². The van der Waals surface area contributed by atoms with Crippen molar-refractivity contribution in [2.75, 3.05) is 11.5 Å². The van der Waals surface area contributed by atoms with Crippen LogP contribution in [0.5, 0.6) is 0 Å². The molecule has 4 amide bonds. The van der Waals surface area contributed by atoms with E-state index in [1.807, 2.05) is 0 Å². The van der Waals surface area contributed by atoms with Crippen LogP contribution in [0.4, 0.5) is 26.3 Å². The zero-order chi connectivity index (χ0) is 39.4. The standard InChI is InChI=1S/C26H46F6N4O10P2S2/c1-13(2)43-47(41,44-14(3)4)17(9)33-21(37)19(35-23(39)25(27,28)29)11-49-50-12-20(36-24(40)26(30,31)32)22(38)34-18(10)48(42,45-15(5)6)46-16(7)8/h13-20H,11-12H2,1-10H3,(H,33,37)(H,34,38)(H,35,39)(H,36,40)/t17-,18+,19-,20-/m0/s1. The largest absolute Gasteiger partial charge is 0.471 e. The number of halogens is 6. The zero-order valence-corrected chi connectivity index (χ0v) is 32.5. The average molecular weight is 815 g/mol. The van der Waals surface area contributed by atoms with E-state index in [1.165, 1.54) is 79.9 Å². The maximum Gasteiger partial charge on any atom is 0.471 e. The molecular weight excluding hydrogens is 768 g/mol. The molecule has 0 aromatic carbocycles. The van der Waals surface area contributed by atoms with Crippen LogP contribution in [0.1, 0.15) is 69.2 Å². The van der Waals surface area contributed by atoms with Gasteiger partial charge in [0.15, 0.2) is 0 Å². The summed E-state index contributed by atoms with van der Waals surface area (Å²) in [6.45, 7) is 14.6. The number of amides is 4. The second kappa shape index (κ2) is 20.6. The number of carbonyl (C=O) groups is 4. The molecule has 0 aliphatic rings. The topological polar surface area (TPSA) is 187 Å². The summed E-state index contributed by atoms with van der Waals surface area (Å²) in [6.07, 6.45) is -13.5. The third-order valence-corrected chi connectivity index (χ3v) is 12.8. The Morgan fingerprint density at radius 3 is 0.960 bits per heavy atom. The van der Waals surface area contributed by atoms with Crippen LogP contribution in [-0.2, 0) is 46.4 Å². The summed E-state index contributed by atoms with van der Waals surface area (Å²) in [5.41, 5.74) is 0. The average Bonchev–Trinajstić information content (AvgIpc) is 2.90. The zero-order valence-electron chi connectivity index (χ0n) is 29.1. The van der Waals surface area contributed by atoms with Gasteiger partial charge in [0, 0.05) is 11.5 Å². The fourth-order valence-electron chi connectivity index (χ4n) is 3.44. The first-order valence-corrected chi connectivity index (χ1v) is 20.8. The molecule has 0 saturated heterocycles. The van der Waals surface area contributed by atoms with Gasteiger partial charge in [0.2, 0.25) is 11.8 Å². The fourth-order valence-corrected chi connectivity index (χ4v) is 9.52. The van der Waals surface area contributed by atoms with Crippen molar-refractivity contribution in [3.8, 4) is 0 Å². The van der Waals surface area contributed by atoms with Crippen LogP contribution in [0.2, 0.25) is 0 Å². The van der Waals surface area contributed by atoms with E-state index >= 15 is 0 Å². The lowest BCUT2D eigenvalue weighted by molar-refractivity contribution is -0.174. The van der Waals surface area contributed by atoms with Crippen molar-refractivity contribution in [3.63, 3.8) is 0 Å². The van der Waals surface area contributed by atoms with Crippen LogP contribution < -0.4 is 21.3 Å². The van der Waals surface area contributed by atoms with Gasteiger partial charge in [0.25, 0.3) is 0 Å². The SMILES string of the molecule is CC(C)OP(=O)(OC(C)C)[C@H](C)NC(=O)[C@H](CSSC[C@H](NC(=O)C(F)(F)F)C(=O)N[C@H](C)P(=O)(OC(C)C)OC(C)C)NC(=O)C(F)(F)F. The van der Waals surface area contributed by atoms with Gasteiger partial charge < -0.3 is 39.4 Å². The highest BCUT2D eigenvalue weighted by Crippen LogP contribution is 2.55. The molecule has 0 aromatic rings. The Balaban J connectivity index is 6.07.